The van der Waals surface area contributed by atoms with Crippen LogP contribution in [0.1, 0.15) is 49.4 Å². The van der Waals surface area contributed by atoms with Gasteiger partial charge in [-0.05, 0) is 50.5 Å². The zero-order valence-corrected chi connectivity index (χ0v) is 14.5. The molecule has 2 atom stereocenters. The highest BCUT2D eigenvalue weighted by Gasteiger charge is 2.57. The topological polar surface area (TPSA) is 69.0 Å². The lowest BCUT2D eigenvalue weighted by Gasteiger charge is -2.54. The highest BCUT2D eigenvalue weighted by atomic mass is 16.5. The molecule has 2 aliphatic carbocycles. The van der Waals surface area contributed by atoms with Gasteiger partial charge in [-0.25, -0.2) is 9.67 Å². The summed E-state index contributed by atoms with van der Waals surface area (Å²) in [7, 11) is 0. The molecule has 4 rings (SSSR count). The van der Waals surface area contributed by atoms with Crippen molar-refractivity contribution < 1.29 is 9.53 Å². The van der Waals surface area contributed by atoms with Crippen molar-refractivity contribution in [2.24, 2.45) is 5.41 Å². The summed E-state index contributed by atoms with van der Waals surface area (Å²) in [4.78, 5) is 16.6. The molecule has 132 valence electrons. The molecule has 2 saturated carbocycles. The van der Waals surface area contributed by atoms with Crippen LogP contribution in [0.15, 0.2) is 36.9 Å². The molecular formula is C19H24N4O2. The summed E-state index contributed by atoms with van der Waals surface area (Å²) >= 11 is 0. The number of amides is 1. The molecule has 25 heavy (non-hydrogen) atoms. The van der Waals surface area contributed by atoms with Gasteiger partial charge in [0.2, 0.25) is 0 Å². The lowest BCUT2D eigenvalue weighted by atomic mass is 9.60. The molecule has 0 aliphatic heterocycles. The predicted molar refractivity (Wildman–Crippen MR) is 93.5 cm³/mol. The van der Waals surface area contributed by atoms with E-state index in [1.807, 2.05) is 31.2 Å². The number of carbonyl (C=O) groups is 1. The van der Waals surface area contributed by atoms with Gasteiger partial charge in [0.1, 0.15) is 12.7 Å². The number of hydrogen-bond acceptors (Lipinski definition) is 4. The summed E-state index contributed by atoms with van der Waals surface area (Å²) in [5.74, 6) is -0.00337. The average Bonchev–Trinajstić information content (AvgIpc) is 3.33. The number of ether oxygens (including phenoxy) is 1. The molecular weight excluding hydrogens is 316 g/mol. The van der Waals surface area contributed by atoms with E-state index in [1.54, 1.807) is 11.0 Å². The fraction of sp³-hybridized carbons (Fsp3) is 0.526. The van der Waals surface area contributed by atoms with Crippen molar-refractivity contribution in [1.82, 2.24) is 20.1 Å². The summed E-state index contributed by atoms with van der Waals surface area (Å²) in [5.41, 5.74) is 1.73. The fourth-order valence-corrected chi connectivity index (χ4v) is 4.44. The number of hydrogen-bond donors (Lipinski definition) is 1. The molecule has 1 amide bonds. The second kappa shape index (κ2) is 6.59. The van der Waals surface area contributed by atoms with Crippen LogP contribution >= 0.6 is 0 Å². The second-order valence-electron chi connectivity index (χ2n) is 7.03. The van der Waals surface area contributed by atoms with Crippen molar-refractivity contribution in [3.63, 3.8) is 0 Å². The smallest absolute Gasteiger partial charge is 0.251 e. The average molecular weight is 340 g/mol. The zero-order valence-electron chi connectivity index (χ0n) is 14.5. The summed E-state index contributed by atoms with van der Waals surface area (Å²) in [6, 6.07) is 7.69. The third-order valence-electron chi connectivity index (χ3n) is 5.81. The number of nitrogens with zero attached hydrogens (tertiary/aromatic N) is 3. The Labute approximate surface area is 147 Å². The highest BCUT2D eigenvalue weighted by Crippen LogP contribution is 2.54. The molecule has 6 heteroatoms. The van der Waals surface area contributed by atoms with Crippen LogP contribution in [0.5, 0.6) is 0 Å². The minimum Gasteiger partial charge on any atom is -0.378 e. The summed E-state index contributed by atoms with van der Waals surface area (Å²) < 4.78 is 7.60. The molecule has 6 nitrogen and oxygen atoms in total. The van der Waals surface area contributed by atoms with E-state index in [2.05, 4.69) is 15.4 Å². The van der Waals surface area contributed by atoms with E-state index < -0.39 is 0 Å². The molecule has 1 N–H and O–H groups in total. The number of nitrogens with one attached hydrogen (secondary N) is 1. The van der Waals surface area contributed by atoms with Crippen molar-refractivity contribution in [1.29, 1.82) is 0 Å². The molecule has 0 bridgehead atoms. The van der Waals surface area contributed by atoms with E-state index in [4.69, 9.17) is 4.74 Å². The van der Waals surface area contributed by atoms with Crippen molar-refractivity contribution in [3.8, 4) is 5.69 Å². The van der Waals surface area contributed by atoms with Crippen molar-refractivity contribution in [2.75, 3.05) is 6.61 Å². The van der Waals surface area contributed by atoms with Gasteiger partial charge in [-0.15, -0.1) is 0 Å². The van der Waals surface area contributed by atoms with Crippen LogP contribution in [0, 0.1) is 5.41 Å². The monoisotopic (exact) mass is 340 g/mol. The first kappa shape index (κ1) is 16.3. The third-order valence-corrected chi connectivity index (χ3v) is 5.81. The Morgan fingerprint density at radius 1 is 1.32 bits per heavy atom. The highest BCUT2D eigenvalue weighted by molar-refractivity contribution is 5.94. The maximum Gasteiger partial charge on any atom is 0.251 e. The quantitative estimate of drug-likeness (QED) is 0.909. The first-order valence-corrected chi connectivity index (χ1v) is 9.10. The molecule has 1 spiro atoms. The summed E-state index contributed by atoms with van der Waals surface area (Å²) in [6.07, 6.45) is 9.16. The maximum absolute atomic E-state index is 12.7. The number of benzene rings is 1. The second-order valence-corrected chi connectivity index (χ2v) is 7.03. The minimum atomic E-state index is -0.00337. The molecule has 1 heterocycles. The van der Waals surface area contributed by atoms with Gasteiger partial charge < -0.3 is 10.1 Å². The van der Waals surface area contributed by atoms with Gasteiger partial charge in [0, 0.05) is 23.6 Å². The van der Waals surface area contributed by atoms with Crippen LogP contribution in [-0.2, 0) is 4.74 Å². The summed E-state index contributed by atoms with van der Waals surface area (Å²) in [6.45, 7) is 2.79. The molecule has 0 saturated heterocycles. The Morgan fingerprint density at radius 2 is 2.08 bits per heavy atom. The third kappa shape index (κ3) is 2.84. The van der Waals surface area contributed by atoms with Crippen molar-refractivity contribution in [3.05, 3.63) is 42.5 Å². The largest absolute Gasteiger partial charge is 0.378 e. The molecule has 1 aromatic heterocycles. The van der Waals surface area contributed by atoms with E-state index in [1.165, 1.54) is 19.2 Å². The van der Waals surface area contributed by atoms with E-state index in [-0.39, 0.29) is 17.4 Å². The van der Waals surface area contributed by atoms with Gasteiger partial charge >= 0.3 is 0 Å². The lowest BCUT2D eigenvalue weighted by molar-refractivity contribution is -0.127. The Kier molecular flexibility index (Phi) is 4.29. The van der Waals surface area contributed by atoms with Crippen LogP contribution < -0.4 is 5.32 Å². The molecule has 2 aliphatic rings. The molecule has 0 radical (unpaired) electrons. The molecule has 2 fully saturated rings. The van der Waals surface area contributed by atoms with Gasteiger partial charge in [0.15, 0.2) is 0 Å². The van der Waals surface area contributed by atoms with Crippen LogP contribution in [0.2, 0.25) is 0 Å². The summed E-state index contributed by atoms with van der Waals surface area (Å²) in [5, 5.41) is 7.35. The normalized spacial score (nSPS) is 24.2. The Balaban J connectivity index is 1.43. The van der Waals surface area contributed by atoms with E-state index in [0.717, 1.165) is 31.6 Å². The Hall–Kier alpha value is -2.21. The molecule has 2 aromatic rings. The molecule has 1 aromatic carbocycles. The van der Waals surface area contributed by atoms with Crippen molar-refractivity contribution in [2.45, 2.75) is 51.2 Å². The number of aromatic nitrogens is 3. The van der Waals surface area contributed by atoms with Crippen LogP contribution in [0.3, 0.4) is 0 Å². The van der Waals surface area contributed by atoms with Gasteiger partial charge in [0.05, 0.1) is 11.8 Å². The van der Waals surface area contributed by atoms with E-state index >= 15 is 0 Å². The Morgan fingerprint density at radius 3 is 2.72 bits per heavy atom. The van der Waals surface area contributed by atoms with Crippen molar-refractivity contribution >= 4 is 5.91 Å². The SMILES string of the molecule is CCO[C@H]1C[C@@H](NC(=O)c2ccc(-n3cncn3)cc2)C12CCCC2. The van der Waals surface area contributed by atoms with Gasteiger partial charge in [0.25, 0.3) is 5.91 Å². The molecule has 0 unspecified atom stereocenters. The lowest BCUT2D eigenvalue weighted by Crippen LogP contribution is -2.63. The minimum absolute atomic E-state index is 0.00337. The van der Waals surface area contributed by atoms with Gasteiger partial charge in [-0.2, -0.15) is 5.10 Å². The van der Waals surface area contributed by atoms with E-state index in [9.17, 15) is 4.79 Å². The fourth-order valence-electron chi connectivity index (χ4n) is 4.44. The predicted octanol–water partition coefficient (Wildman–Crippen LogP) is 2.73. The van der Waals surface area contributed by atoms with Crippen LogP contribution in [-0.4, -0.2) is 39.4 Å². The number of rotatable bonds is 5. The van der Waals surface area contributed by atoms with Crippen LogP contribution in [0.4, 0.5) is 0 Å². The van der Waals surface area contributed by atoms with Gasteiger partial charge in [-0.3, -0.25) is 4.79 Å². The Bertz CT molecular complexity index is 720. The maximum atomic E-state index is 12.7. The van der Waals surface area contributed by atoms with Crippen LogP contribution in [0.25, 0.3) is 5.69 Å². The number of carbonyl (C=O) groups excluding carboxylic acids is 1. The first-order chi connectivity index (χ1) is 12.2. The zero-order chi connectivity index (χ0) is 17.3. The van der Waals surface area contributed by atoms with E-state index in [0.29, 0.717) is 11.7 Å². The van der Waals surface area contributed by atoms with Gasteiger partial charge in [-0.1, -0.05) is 12.8 Å². The first-order valence-electron chi connectivity index (χ1n) is 9.10. The standard InChI is InChI=1S/C19H24N4O2/c1-2-25-17-11-16(19(17)9-3-4-10-19)22-18(24)14-5-7-15(8-6-14)23-13-20-12-21-23/h5-8,12-13,16-17H,2-4,9-11H2,1H3,(H,22,24)/t16-,17+/m1/s1.